The molecule has 0 aliphatic heterocycles. The van der Waals surface area contributed by atoms with Crippen molar-refractivity contribution in [3.8, 4) is 0 Å². The number of hydrogen-bond acceptors (Lipinski definition) is 3. The molecule has 2 aromatic carbocycles. The van der Waals surface area contributed by atoms with Crippen LogP contribution in [0, 0.1) is 0 Å². The van der Waals surface area contributed by atoms with Crippen LogP contribution < -0.4 is 10.2 Å². The predicted molar refractivity (Wildman–Crippen MR) is 80.5 cm³/mol. The molecule has 98 valence electrons. The standard InChI is InChI=1S/C16H18N2O/c1-12(19)15-9-4-5-10-16(15)17-13-7-6-8-14(11-13)18(2)3/h4-11,17H,1-3H3. The molecule has 0 aliphatic carbocycles. The summed E-state index contributed by atoms with van der Waals surface area (Å²) in [5, 5.41) is 3.30. The molecule has 2 rings (SSSR count). The largest absolute Gasteiger partial charge is 0.378 e. The van der Waals surface area contributed by atoms with Crippen molar-refractivity contribution in [3.63, 3.8) is 0 Å². The quantitative estimate of drug-likeness (QED) is 0.844. The lowest BCUT2D eigenvalue weighted by molar-refractivity contribution is 0.101. The van der Waals surface area contributed by atoms with E-state index in [9.17, 15) is 4.79 Å². The normalized spacial score (nSPS) is 10.1. The minimum absolute atomic E-state index is 0.0619. The Morgan fingerprint density at radius 3 is 2.47 bits per heavy atom. The summed E-state index contributed by atoms with van der Waals surface area (Å²) in [6, 6.07) is 15.6. The number of nitrogens with one attached hydrogen (secondary N) is 1. The van der Waals surface area contributed by atoms with Crippen molar-refractivity contribution in [1.82, 2.24) is 0 Å². The van der Waals surface area contributed by atoms with E-state index in [1.54, 1.807) is 6.92 Å². The minimum Gasteiger partial charge on any atom is -0.378 e. The second-order valence-electron chi connectivity index (χ2n) is 4.67. The third kappa shape index (κ3) is 3.13. The number of benzene rings is 2. The molecule has 0 spiro atoms. The van der Waals surface area contributed by atoms with Crippen molar-refractivity contribution in [2.24, 2.45) is 0 Å². The van der Waals surface area contributed by atoms with Gasteiger partial charge in [-0.15, -0.1) is 0 Å². The van der Waals surface area contributed by atoms with Crippen molar-refractivity contribution in [1.29, 1.82) is 0 Å². The number of ketones is 1. The number of rotatable bonds is 4. The number of carbonyl (C=O) groups is 1. The molecule has 0 atom stereocenters. The number of carbonyl (C=O) groups excluding carboxylic acids is 1. The van der Waals surface area contributed by atoms with E-state index in [2.05, 4.69) is 11.4 Å². The van der Waals surface area contributed by atoms with E-state index in [-0.39, 0.29) is 5.78 Å². The molecular formula is C16H18N2O. The van der Waals surface area contributed by atoms with Crippen LogP contribution in [0.15, 0.2) is 48.5 Å². The van der Waals surface area contributed by atoms with Gasteiger partial charge in [-0.1, -0.05) is 18.2 Å². The Labute approximate surface area is 113 Å². The van der Waals surface area contributed by atoms with Gasteiger partial charge in [-0.3, -0.25) is 4.79 Å². The predicted octanol–water partition coefficient (Wildman–Crippen LogP) is 3.70. The van der Waals surface area contributed by atoms with Crippen molar-refractivity contribution >= 4 is 22.8 Å². The topological polar surface area (TPSA) is 32.3 Å². The molecule has 3 nitrogen and oxygen atoms in total. The molecule has 0 aromatic heterocycles. The summed E-state index contributed by atoms with van der Waals surface area (Å²) in [6.07, 6.45) is 0. The van der Waals surface area contributed by atoms with Gasteiger partial charge in [0.1, 0.15) is 0 Å². The first kappa shape index (κ1) is 13.1. The number of hydrogen-bond donors (Lipinski definition) is 1. The van der Waals surface area contributed by atoms with Crippen molar-refractivity contribution in [3.05, 3.63) is 54.1 Å². The zero-order valence-corrected chi connectivity index (χ0v) is 11.5. The van der Waals surface area contributed by atoms with Crippen LogP contribution in [-0.2, 0) is 0 Å². The maximum atomic E-state index is 11.6. The van der Waals surface area contributed by atoms with Gasteiger partial charge in [0, 0.05) is 36.7 Å². The molecule has 0 saturated heterocycles. The summed E-state index contributed by atoms with van der Waals surface area (Å²) in [4.78, 5) is 13.6. The smallest absolute Gasteiger partial charge is 0.161 e. The minimum atomic E-state index is 0.0619. The summed E-state index contributed by atoms with van der Waals surface area (Å²) in [5.41, 5.74) is 3.63. The fraction of sp³-hybridized carbons (Fsp3) is 0.188. The lowest BCUT2D eigenvalue weighted by atomic mass is 10.1. The summed E-state index contributed by atoms with van der Waals surface area (Å²) in [7, 11) is 4.01. The molecule has 3 heteroatoms. The molecule has 0 amide bonds. The van der Waals surface area contributed by atoms with Crippen LogP contribution in [0.5, 0.6) is 0 Å². The van der Waals surface area contributed by atoms with E-state index in [0.717, 1.165) is 17.1 Å². The summed E-state index contributed by atoms with van der Waals surface area (Å²) < 4.78 is 0. The van der Waals surface area contributed by atoms with Crippen molar-refractivity contribution in [2.75, 3.05) is 24.3 Å². The SMILES string of the molecule is CC(=O)c1ccccc1Nc1cccc(N(C)C)c1. The molecule has 0 heterocycles. The third-order valence-corrected chi connectivity index (χ3v) is 2.95. The summed E-state index contributed by atoms with van der Waals surface area (Å²) >= 11 is 0. The Kier molecular flexibility index (Phi) is 3.85. The van der Waals surface area contributed by atoms with Gasteiger partial charge in [-0.25, -0.2) is 0 Å². The van der Waals surface area contributed by atoms with Crippen LogP contribution in [0.4, 0.5) is 17.1 Å². The zero-order valence-electron chi connectivity index (χ0n) is 11.5. The van der Waals surface area contributed by atoms with Gasteiger partial charge >= 0.3 is 0 Å². The lowest BCUT2D eigenvalue weighted by Gasteiger charge is -2.15. The molecular weight excluding hydrogens is 236 g/mol. The third-order valence-electron chi connectivity index (χ3n) is 2.95. The second kappa shape index (κ2) is 5.57. The van der Waals surface area contributed by atoms with Gasteiger partial charge in [0.05, 0.1) is 0 Å². The van der Waals surface area contributed by atoms with Gasteiger partial charge in [0.25, 0.3) is 0 Å². The number of anilines is 3. The molecule has 0 radical (unpaired) electrons. The highest BCUT2D eigenvalue weighted by molar-refractivity contribution is 6.00. The first-order valence-electron chi connectivity index (χ1n) is 6.22. The number of Topliss-reactive ketones (excluding diaryl/α,β-unsaturated/α-hetero) is 1. The van der Waals surface area contributed by atoms with E-state index >= 15 is 0 Å². The zero-order chi connectivity index (χ0) is 13.8. The van der Waals surface area contributed by atoms with Gasteiger partial charge in [0.2, 0.25) is 0 Å². The van der Waals surface area contributed by atoms with Gasteiger partial charge in [-0.2, -0.15) is 0 Å². The molecule has 2 aromatic rings. The summed E-state index contributed by atoms with van der Waals surface area (Å²) in [6.45, 7) is 1.58. The highest BCUT2D eigenvalue weighted by atomic mass is 16.1. The molecule has 0 aliphatic rings. The van der Waals surface area contributed by atoms with Crippen LogP contribution in [0.25, 0.3) is 0 Å². The Morgan fingerprint density at radius 2 is 1.79 bits per heavy atom. The maximum absolute atomic E-state index is 11.6. The van der Waals surface area contributed by atoms with Gasteiger partial charge < -0.3 is 10.2 Å². The molecule has 19 heavy (non-hydrogen) atoms. The van der Waals surface area contributed by atoms with Crippen LogP contribution in [0.2, 0.25) is 0 Å². The maximum Gasteiger partial charge on any atom is 0.161 e. The molecule has 0 fully saturated rings. The van der Waals surface area contributed by atoms with E-state index in [0.29, 0.717) is 5.56 Å². The van der Waals surface area contributed by atoms with E-state index < -0.39 is 0 Å². The van der Waals surface area contributed by atoms with Crippen molar-refractivity contribution in [2.45, 2.75) is 6.92 Å². The number of nitrogens with zero attached hydrogens (tertiary/aromatic N) is 1. The van der Waals surface area contributed by atoms with E-state index in [1.165, 1.54) is 0 Å². The van der Waals surface area contributed by atoms with Gasteiger partial charge in [-0.05, 0) is 37.3 Å². The summed E-state index contributed by atoms with van der Waals surface area (Å²) in [5.74, 6) is 0.0619. The van der Waals surface area contributed by atoms with Crippen LogP contribution >= 0.6 is 0 Å². The number of para-hydroxylation sites is 1. The molecule has 0 saturated carbocycles. The average molecular weight is 254 g/mol. The molecule has 0 unspecified atom stereocenters. The Hall–Kier alpha value is -2.29. The molecule has 1 N–H and O–H groups in total. The molecule has 0 bridgehead atoms. The first-order valence-corrected chi connectivity index (χ1v) is 6.22. The second-order valence-corrected chi connectivity index (χ2v) is 4.67. The Balaban J connectivity index is 2.31. The average Bonchev–Trinajstić information content (AvgIpc) is 2.39. The van der Waals surface area contributed by atoms with Crippen LogP contribution in [-0.4, -0.2) is 19.9 Å². The Morgan fingerprint density at radius 1 is 1.05 bits per heavy atom. The lowest BCUT2D eigenvalue weighted by Crippen LogP contribution is -2.08. The van der Waals surface area contributed by atoms with Gasteiger partial charge in [0.15, 0.2) is 5.78 Å². The fourth-order valence-corrected chi connectivity index (χ4v) is 1.92. The Bertz CT molecular complexity index is 591. The van der Waals surface area contributed by atoms with Crippen LogP contribution in [0.1, 0.15) is 17.3 Å². The van der Waals surface area contributed by atoms with E-state index in [1.807, 2.05) is 61.5 Å². The highest BCUT2D eigenvalue weighted by Crippen LogP contribution is 2.24. The fourth-order valence-electron chi connectivity index (χ4n) is 1.92. The van der Waals surface area contributed by atoms with Crippen LogP contribution in [0.3, 0.4) is 0 Å². The van der Waals surface area contributed by atoms with E-state index in [4.69, 9.17) is 0 Å². The monoisotopic (exact) mass is 254 g/mol. The highest BCUT2D eigenvalue weighted by Gasteiger charge is 2.06. The van der Waals surface area contributed by atoms with Crippen molar-refractivity contribution < 1.29 is 4.79 Å². The first-order chi connectivity index (χ1) is 9.08.